The Morgan fingerprint density at radius 2 is 2.00 bits per heavy atom. The van der Waals surface area contributed by atoms with E-state index in [4.69, 9.17) is 0 Å². The summed E-state index contributed by atoms with van der Waals surface area (Å²) >= 11 is 0.972. The fourth-order valence-electron chi connectivity index (χ4n) is 0.491. The molecule has 0 unspecified atom stereocenters. The standard InChI is InChI=1S/C5H8N2OS.C2H6/c1-3(2)4-6-5(8)9-7-4;1-2/h3H,1-2H3,(H,6,7,8);1-2H3. The van der Waals surface area contributed by atoms with E-state index in [9.17, 15) is 4.79 Å². The van der Waals surface area contributed by atoms with E-state index in [1.165, 1.54) is 0 Å². The molecule has 0 aliphatic rings. The zero-order valence-electron chi connectivity index (χ0n) is 7.34. The lowest BCUT2D eigenvalue weighted by Gasteiger charge is -1.93. The zero-order valence-corrected chi connectivity index (χ0v) is 8.16. The molecule has 1 N–H and O–H groups in total. The van der Waals surface area contributed by atoms with Gasteiger partial charge in [0.15, 0.2) is 0 Å². The molecule has 0 saturated carbocycles. The number of hydrogen-bond donors (Lipinski definition) is 1. The second-order valence-electron chi connectivity index (χ2n) is 2.13. The van der Waals surface area contributed by atoms with E-state index >= 15 is 0 Å². The smallest absolute Gasteiger partial charge is 0.299 e. The van der Waals surface area contributed by atoms with Gasteiger partial charge < -0.3 is 0 Å². The van der Waals surface area contributed by atoms with E-state index in [1.54, 1.807) is 0 Å². The van der Waals surface area contributed by atoms with Crippen LogP contribution in [0.25, 0.3) is 0 Å². The predicted molar refractivity (Wildman–Crippen MR) is 48.2 cm³/mol. The van der Waals surface area contributed by atoms with Crippen LogP contribution in [0.4, 0.5) is 0 Å². The monoisotopic (exact) mass is 174 g/mol. The lowest BCUT2D eigenvalue weighted by atomic mass is 10.2. The number of nitrogens with one attached hydrogen (secondary N) is 1. The number of rotatable bonds is 1. The van der Waals surface area contributed by atoms with Crippen LogP contribution in [0.15, 0.2) is 4.79 Å². The van der Waals surface area contributed by atoms with Crippen molar-refractivity contribution in [2.45, 2.75) is 33.6 Å². The Morgan fingerprint density at radius 1 is 1.45 bits per heavy atom. The fourth-order valence-corrected chi connectivity index (χ4v) is 1.08. The highest BCUT2D eigenvalue weighted by molar-refractivity contribution is 7.02. The van der Waals surface area contributed by atoms with Crippen molar-refractivity contribution in [1.82, 2.24) is 9.36 Å². The van der Waals surface area contributed by atoms with Crippen LogP contribution in [0.2, 0.25) is 0 Å². The number of aromatic amines is 1. The summed E-state index contributed by atoms with van der Waals surface area (Å²) in [4.78, 5) is 13.1. The van der Waals surface area contributed by atoms with Gasteiger partial charge in [0.05, 0.1) is 0 Å². The topological polar surface area (TPSA) is 45.8 Å². The molecule has 64 valence electrons. The molecular weight excluding hydrogens is 160 g/mol. The molecule has 0 spiro atoms. The second-order valence-corrected chi connectivity index (χ2v) is 2.87. The van der Waals surface area contributed by atoms with Crippen LogP contribution in [0.3, 0.4) is 0 Å². The molecule has 11 heavy (non-hydrogen) atoms. The molecule has 0 radical (unpaired) electrons. The van der Waals surface area contributed by atoms with Gasteiger partial charge in [-0.15, -0.1) is 0 Å². The van der Waals surface area contributed by atoms with Crippen molar-refractivity contribution in [2.75, 3.05) is 0 Å². The van der Waals surface area contributed by atoms with Crippen LogP contribution in [0, 0.1) is 0 Å². The van der Waals surface area contributed by atoms with Gasteiger partial charge in [-0.25, -0.2) is 0 Å². The van der Waals surface area contributed by atoms with Gasteiger partial charge in [-0.05, 0) is 0 Å². The molecule has 1 heterocycles. The average molecular weight is 174 g/mol. The average Bonchev–Trinajstić information content (AvgIpc) is 2.40. The van der Waals surface area contributed by atoms with Crippen LogP contribution >= 0.6 is 11.5 Å². The summed E-state index contributed by atoms with van der Waals surface area (Å²) in [6, 6.07) is 0. The minimum atomic E-state index is -0.0706. The van der Waals surface area contributed by atoms with E-state index in [0.717, 1.165) is 17.4 Å². The van der Waals surface area contributed by atoms with Crippen LogP contribution in [-0.4, -0.2) is 9.36 Å². The Labute approximate surface area is 70.6 Å². The molecule has 0 amide bonds. The second kappa shape index (κ2) is 5.07. The molecule has 4 heteroatoms. The minimum Gasteiger partial charge on any atom is -0.299 e. The van der Waals surface area contributed by atoms with Gasteiger partial charge in [0.1, 0.15) is 5.82 Å². The fraction of sp³-hybridized carbons (Fsp3) is 0.714. The van der Waals surface area contributed by atoms with Crippen molar-refractivity contribution in [2.24, 2.45) is 0 Å². The van der Waals surface area contributed by atoms with Gasteiger partial charge in [-0.3, -0.25) is 9.78 Å². The summed E-state index contributed by atoms with van der Waals surface area (Å²) in [6.45, 7) is 7.98. The molecule has 0 saturated heterocycles. The summed E-state index contributed by atoms with van der Waals surface area (Å²) < 4.78 is 3.89. The first kappa shape index (κ1) is 10.4. The van der Waals surface area contributed by atoms with Crippen molar-refractivity contribution < 1.29 is 0 Å². The van der Waals surface area contributed by atoms with Crippen molar-refractivity contribution in [3.63, 3.8) is 0 Å². The summed E-state index contributed by atoms with van der Waals surface area (Å²) in [7, 11) is 0. The van der Waals surface area contributed by atoms with Gasteiger partial charge in [-0.1, -0.05) is 27.7 Å². The summed E-state index contributed by atoms with van der Waals surface area (Å²) in [5, 5.41) is 0. The Hall–Kier alpha value is -0.640. The highest BCUT2D eigenvalue weighted by Crippen LogP contribution is 2.05. The first-order valence-electron chi connectivity index (χ1n) is 3.76. The van der Waals surface area contributed by atoms with Crippen LogP contribution in [0.5, 0.6) is 0 Å². The van der Waals surface area contributed by atoms with Gasteiger partial charge in [0, 0.05) is 17.5 Å². The molecule has 0 aromatic carbocycles. The van der Waals surface area contributed by atoms with Gasteiger partial charge in [0.25, 0.3) is 0 Å². The van der Waals surface area contributed by atoms with Gasteiger partial charge >= 0.3 is 4.87 Å². The number of aromatic nitrogens is 2. The highest BCUT2D eigenvalue weighted by atomic mass is 32.1. The first-order valence-corrected chi connectivity index (χ1v) is 4.53. The molecule has 0 aliphatic heterocycles. The van der Waals surface area contributed by atoms with E-state index < -0.39 is 0 Å². The molecular formula is C7H14N2OS. The number of H-pyrrole nitrogens is 1. The number of nitrogens with zero attached hydrogens (tertiary/aromatic N) is 1. The van der Waals surface area contributed by atoms with E-state index in [1.807, 2.05) is 27.7 Å². The SMILES string of the molecule is CC.CC(C)c1nsc(=O)[nH]1. The molecule has 1 aromatic rings. The van der Waals surface area contributed by atoms with E-state index in [2.05, 4.69) is 9.36 Å². The molecule has 0 aliphatic carbocycles. The quantitative estimate of drug-likeness (QED) is 0.707. The summed E-state index contributed by atoms with van der Waals surface area (Å²) in [6.07, 6.45) is 0. The number of hydrogen-bond acceptors (Lipinski definition) is 3. The predicted octanol–water partition coefficient (Wildman–Crippen LogP) is 1.98. The Bertz CT molecular complexity index is 239. The molecule has 0 bridgehead atoms. The molecule has 0 atom stereocenters. The van der Waals surface area contributed by atoms with Gasteiger partial charge in [-0.2, -0.15) is 4.37 Å². The third kappa shape index (κ3) is 3.32. The van der Waals surface area contributed by atoms with Gasteiger partial charge in [0.2, 0.25) is 0 Å². The summed E-state index contributed by atoms with van der Waals surface area (Å²) in [5.74, 6) is 1.11. The van der Waals surface area contributed by atoms with Crippen LogP contribution in [-0.2, 0) is 0 Å². The van der Waals surface area contributed by atoms with Crippen molar-refractivity contribution in [3.8, 4) is 0 Å². The maximum Gasteiger partial charge on any atom is 0.323 e. The lowest BCUT2D eigenvalue weighted by Crippen LogP contribution is -1.96. The Balaban J connectivity index is 0.000000461. The zero-order chi connectivity index (χ0) is 8.85. The lowest BCUT2D eigenvalue weighted by molar-refractivity contribution is 0.795. The van der Waals surface area contributed by atoms with Crippen molar-refractivity contribution in [1.29, 1.82) is 0 Å². The normalized spacial score (nSPS) is 9.18. The Morgan fingerprint density at radius 3 is 2.18 bits per heavy atom. The molecule has 1 rings (SSSR count). The van der Waals surface area contributed by atoms with Crippen LogP contribution < -0.4 is 4.87 Å². The first-order chi connectivity index (χ1) is 5.20. The Kier molecular flexibility index (Phi) is 4.77. The van der Waals surface area contributed by atoms with Crippen molar-refractivity contribution >= 4 is 11.5 Å². The van der Waals surface area contributed by atoms with Crippen molar-refractivity contribution in [3.05, 3.63) is 15.5 Å². The van der Waals surface area contributed by atoms with E-state index in [-0.39, 0.29) is 4.87 Å². The van der Waals surface area contributed by atoms with Crippen LogP contribution in [0.1, 0.15) is 39.4 Å². The maximum absolute atomic E-state index is 10.5. The minimum absolute atomic E-state index is 0.0706. The largest absolute Gasteiger partial charge is 0.323 e. The molecule has 1 aromatic heterocycles. The third-order valence-corrected chi connectivity index (χ3v) is 1.56. The third-order valence-electron chi connectivity index (χ3n) is 1.00. The molecule has 3 nitrogen and oxygen atoms in total. The van der Waals surface area contributed by atoms with E-state index in [0.29, 0.717) is 5.92 Å². The highest BCUT2D eigenvalue weighted by Gasteiger charge is 2.01. The summed E-state index contributed by atoms with van der Waals surface area (Å²) in [5.41, 5.74) is 0. The molecule has 0 fully saturated rings. The maximum atomic E-state index is 10.5.